The van der Waals surface area contributed by atoms with Gasteiger partial charge in [0.05, 0.1) is 5.69 Å². The van der Waals surface area contributed by atoms with Crippen molar-refractivity contribution in [1.29, 1.82) is 0 Å². The standard InChI is InChI=1S/C11H20N2O/c1-11(2,3)7-10-13-9(8-14-10)5-6-12-4/h8,12H,5-7H2,1-4H3. The number of oxazole rings is 1. The summed E-state index contributed by atoms with van der Waals surface area (Å²) >= 11 is 0. The van der Waals surface area contributed by atoms with E-state index in [9.17, 15) is 0 Å². The van der Waals surface area contributed by atoms with Crippen molar-refractivity contribution in [3.8, 4) is 0 Å². The second kappa shape index (κ2) is 4.60. The van der Waals surface area contributed by atoms with Crippen molar-refractivity contribution in [2.45, 2.75) is 33.6 Å². The molecule has 3 heteroatoms. The molecule has 1 N–H and O–H groups in total. The van der Waals surface area contributed by atoms with Crippen LogP contribution in [0.5, 0.6) is 0 Å². The first-order valence-corrected chi connectivity index (χ1v) is 5.09. The minimum Gasteiger partial charge on any atom is -0.449 e. The largest absolute Gasteiger partial charge is 0.449 e. The highest BCUT2D eigenvalue weighted by Crippen LogP contribution is 2.19. The van der Waals surface area contributed by atoms with E-state index in [-0.39, 0.29) is 5.41 Å². The summed E-state index contributed by atoms with van der Waals surface area (Å²) in [5.41, 5.74) is 1.28. The fourth-order valence-corrected chi connectivity index (χ4v) is 1.25. The Kier molecular flexibility index (Phi) is 3.69. The van der Waals surface area contributed by atoms with Gasteiger partial charge in [-0.05, 0) is 12.5 Å². The molecule has 0 aliphatic carbocycles. The van der Waals surface area contributed by atoms with Gasteiger partial charge in [0.2, 0.25) is 0 Å². The number of aromatic nitrogens is 1. The third kappa shape index (κ3) is 3.92. The summed E-state index contributed by atoms with van der Waals surface area (Å²) in [5.74, 6) is 0.851. The van der Waals surface area contributed by atoms with Crippen molar-refractivity contribution in [3.05, 3.63) is 17.8 Å². The van der Waals surface area contributed by atoms with E-state index in [1.165, 1.54) is 0 Å². The van der Waals surface area contributed by atoms with Crippen LogP contribution in [0.25, 0.3) is 0 Å². The van der Waals surface area contributed by atoms with Crippen molar-refractivity contribution in [1.82, 2.24) is 10.3 Å². The Balaban J connectivity index is 2.51. The molecule has 0 amide bonds. The molecule has 14 heavy (non-hydrogen) atoms. The fourth-order valence-electron chi connectivity index (χ4n) is 1.25. The van der Waals surface area contributed by atoms with Gasteiger partial charge in [-0.2, -0.15) is 0 Å². The molecule has 0 fully saturated rings. The van der Waals surface area contributed by atoms with Crippen LogP contribution in [-0.2, 0) is 12.8 Å². The third-order valence-corrected chi connectivity index (χ3v) is 1.91. The van der Waals surface area contributed by atoms with E-state index in [0.29, 0.717) is 0 Å². The zero-order valence-corrected chi connectivity index (χ0v) is 9.55. The SMILES string of the molecule is CNCCc1coc(CC(C)(C)C)n1. The summed E-state index contributed by atoms with van der Waals surface area (Å²) in [5, 5.41) is 3.09. The lowest BCUT2D eigenvalue weighted by Gasteiger charge is -2.14. The molecule has 0 spiro atoms. The Hall–Kier alpha value is -0.830. The zero-order chi connectivity index (χ0) is 10.6. The molecule has 3 nitrogen and oxygen atoms in total. The van der Waals surface area contributed by atoms with Gasteiger partial charge in [0.15, 0.2) is 5.89 Å². The van der Waals surface area contributed by atoms with Crippen LogP contribution in [0.4, 0.5) is 0 Å². The molecule has 1 aromatic heterocycles. The predicted molar refractivity (Wildman–Crippen MR) is 57.3 cm³/mol. The molecule has 0 saturated heterocycles. The lowest BCUT2D eigenvalue weighted by molar-refractivity contribution is 0.354. The molecule has 80 valence electrons. The maximum absolute atomic E-state index is 5.40. The van der Waals surface area contributed by atoms with Gasteiger partial charge >= 0.3 is 0 Å². The predicted octanol–water partition coefficient (Wildman–Crippen LogP) is 2.03. The van der Waals surface area contributed by atoms with E-state index in [1.54, 1.807) is 6.26 Å². The maximum Gasteiger partial charge on any atom is 0.194 e. The monoisotopic (exact) mass is 196 g/mol. The first kappa shape index (κ1) is 11.2. The number of hydrogen-bond donors (Lipinski definition) is 1. The maximum atomic E-state index is 5.40. The minimum atomic E-state index is 0.241. The third-order valence-electron chi connectivity index (χ3n) is 1.91. The first-order valence-electron chi connectivity index (χ1n) is 5.09. The Bertz CT molecular complexity index is 273. The second-order valence-corrected chi connectivity index (χ2v) is 4.82. The highest BCUT2D eigenvalue weighted by Gasteiger charge is 2.15. The fraction of sp³-hybridized carbons (Fsp3) is 0.727. The Morgan fingerprint density at radius 2 is 2.14 bits per heavy atom. The number of nitrogens with one attached hydrogen (secondary N) is 1. The van der Waals surface area contributed by atoms with E-state index in [4.69, 9.17) is 4.42 Å². The Morgan fingerprint density at radius 1 is 1.43 bits per heavy atom. The van der Waals surface area contributed by atoms with Gasteiger partial charge in [-0.25, -0.2) is 4.98 Å². The minimum absolute atomic E-state index is 0.241. The van der Waals surface area contributed by atoms with Crippen LogP contribution in [0.15, 0.2) is 10.7 Å². The molecule has 1 aromatic rings. The quantitative estimate of drug-likeness (QED) is 0.800. The number of hydrogen-bond acceptors (Lipinski definition) is 3. The molecule has 0 atom stereocenters. The summed E-state index contributed by atoms with van der Waals surface area (Å²) in [6, 6.07) is 0. The number of rotatable bonds is 4. The average Bonchev–Trinajstić information content (AvgIpc) is 2.46. The van der Waals surface area contributed by atoms with Crippen LogP contribution in [0.3, 0.4) is 0 Å². The molecule has 0 unspecified atom stereocenters. The van der Waals surface area contributed by atoms with E-state index in [2.05, 4.69) is 31.1 Å². The smallest absolute Gasteiger partial charge is 0.194 e. The average molecular weight is 196 g/mol. The molecule has 0 aliphatic heterocycles. The van der Waals surface area contributed by atoms with E-state index in [1.807, 2.05) is 7.05 Å². The van der Waals surface area contributed by atoms with E-state index < -0.39 is 0 Å². The molecule has 0 bridgehead atoms. The molecule has 0 saturated carbocycles. The van der Waals surface area contributed by atoms with Crippen LogP contribution in [0.1, 0.15) is 32.4 Å². The summed E-state index contributed by atoms with van der Waals surface area (Å²) in [6.45, 7) is 7.50. The Labute approximate surface area is 85.9 Å². The van der Waals surface area contributed by atoms with Gasteiger partial charge in [-0.15, -0.1) is 0 Å². The molecule has 1 rings (SSSR count). The van der Waals surface area contributed by atoms with Crippen molar-refractivity contribution in [3.63, 3.8) is 0 Å². The summed E-state index contributed by atoms with van der Waals surface area (Å²) in [7, 11) is 1.94. The van der Waals surface area contributed by atoms with Crippen molar-refractivity contribution in [2.75, 3.05) is 13.6 Å². The lowest BCUT2D eigenvalue weighted by Crippen LogP contribution is -2.11. The molecular weight excluding hydrogens is 176 g/mol. The number of likely N-dealkylation sites (N-methyl/N-ethyl adjacent to an activating group) is 1. The van der Waals surface area contributed by atoms with Crippen LogP contribution < -0.4 is 5.32 Å². The van der Waals surface area contributed by atoms with E-state index >= 15 is 0 Å². The van der Waals surface area contributed by atoms with Crippen LogP contribution in [-0.4, -0.2) is 18.6 Å². The highest BCUT2D eigenvalue weighted by atomic mass is 16.3. The van der Waals surface area contributed by atoms with Gasteiger partial charge in [0.25, 0.3) is 0 Å². The zero-order valence-electron chi connectivity index (χ0n) is 9.55. The van der Waals surface area contributed by atoms with Gasteiger partial charge in [-0.3, -0.25) is 0 Å². The number of nitrogens with zero attached hydrogens (tertiary/aromatic N) is 1. The molecule has 1 heterocycles. The van der Waals surface area contributed by atoms with Gasteiger partial charge in [0.1, 0.15) is 6.26 Å². The van der Waals surface area contributed by atoms with Gasteiger partial charge in [0, 0.05) is 19.4 Å². The normalized spacial score (nSPS) is 12.0. The van der Waals surface area contributed by atoms with Crippen molar-refractivity contribution >= 4 is 0 Å². The molecular formula is C11H20N2O. The topological polar surface area (TPSA) is 38.1 Å². The summed E-state index contributed by atoms with van der Waals surface area (Å²) in [6.07, 6.45) is 3.59. The molecule has 0 aromatic carbocycles. The van der Waals surface area contributed by atoms with Gasteiger partial charge in [-0.1, -0.05) is 20.8 Å². The molecule has 0 aliphatic rings. The van der Waals surface area contributed by atoms with Crippen LogP contribution in [0.2, 0.25) is 0 Å². The first-order chi connectivity index (χ1) is 6.51. The lowest BCUT2D eigenvalue weighted by atomic mass is 9.92. The van der Waals surface area contributed by atoms with Crippen LogP contribution in [0, 0.1) is 5.41 Å². The van der Waals surface area contributed by atoms with Crippen LogP contribution >= 0.6 is 0 Å². The van der Waals surface area contributed by atoms with Crippen molar-refractivity contribution < 1.29 is 4.42 Å². The summed E-state index contributed by atoms with van der Waals surface area (Å²) in [4.78, 5) is 4.43. The second-order valence-electron chi connectivity index (χ2n) is 4.82. The molecule has 0 radical (unpaired) electrons. The Morgan fingerprint density at radius 3 is 2.71 bits per heavy atom. The van der Waals surface area contributed by atoms with E-state index in [0.717, 1.165) is 31.0 Å². The highest BCUT2D eigenvalue weighted by molar-refractivity contribution is 4.98. The van der Waals surface area contributed by atoms with Crippen molar-refractivity contribution in [2.24, 2.45) is 5.41 Å². The van der Waals surface area contributed by atoms with Gasteiger partial charge < -0.3 is 9.73 Å². The summed E-state index contributed by atoms with van der Waals surface area (Å²) < 4.78 is 5.40.